The summed E-state index contributed by atoms with van der Waals surface area (Å²) in [6.07, 6.45) is 0. The van der Waals surface area contributed by atoms with Gasteiger partial charge in [-0.15, -0.1) is 0 Å². The van der Waals surface area contributed by atoms with Crippen molar-refractivity contribution in [1.29, 1.82) is 0 Å². The predicted octanol–water partition coefficient (Wildman–Crippen LogP) is 2.12. The SMILES string of the molecule is Cc1cc(S(=O)(=O)NCC(=O)Nc2ccc(N(C)C)cc2)ccc1F. The Kier molecular flexibility index (Phi) is 5.76. The van der Waals surface area contributed by atoms with Crippen molar-refractivity contribution < 1.29 is 17.6 Å². The van der Waals surface area contributed by atoms with E-state index in [-0.39, 0.29) is 10.5 Å². The summed E-state index contributed by atoms with van der Waals surface area (Å²) in [7, 11) is -0.0844. The van der Waals surface area contributed by atoms with Crippen LogP contribution in [-0.2, 0) is 14.8 Å². The molecule has 0 fully saturated rings. The summed E-state index contributed by atoms with van der Waals surface area (Å²) < 4.78 is 39.7. The first-order chi connectivity index (χ1) is 11.7. The van der Waals surface area contributed by atoms with Crippen LogP contribution in [0.2, 0.25) is 0 Å². The van der Waals surface area contributed by atoms with Gasteiger partial charge in [0.1, 0.15) is 5.82 Å². The maximum absolute atomic E-state index is 13.2. The molecule has 0 atom stereocenters. The van der Waals surface area contributed by atoms with Gasteiger partial charge in [0.05, 0.1) is 11.4 Å². The number of anilines is 2. The molecule has 0 aromatic heterocycles. The molecule has 2 rings (SSSR count). The monoisotopic (exact) mass is 365 g/mol. The molecule has 0 aliphatic carbocycles. The summed E-state index contributed by atoms with van der Waals surface area (Å²) in [6, 6.07) is 10.6. The van der Waals surface area contributed by atoms with Crippen LogP contribution in [-0.4, -0.2) is 35.0 Å². The predicted molar refractivity (Wildman–Crippen MR) is 95.7 cm³/mol. The number of nitrogens with zero attached hydrogens (tertiary/aromatic N) is 1. The number of aryl methyl sites for hydroxylation is 1. The molecular formula is C17H20FN3O3S. The highest BCUT2D eigenvalue weighted by Gasteiger charge is 2.16. The van der Waals surface area contributed by atoms with E-state index in [9.17, 15) is 17.6 Å². The van der Waals surface area contributed by atoms with Gasteiger partial charge in [-0.3, -0.25) is 4.79 Å². The molecule has 0 aliphatic rings. The normalized spacial score (nSPS) is 11.2. The number of hydrogen-bond acceptors (Lipinski definition) is 4. The average molecular weight is 365 g/mol. The molecule has 0 radical (unpaired) electrons. The zero-order chi connectivity index (χ0) is 18.6. The van der Waals surface area contributed by atoms with Crippen LogP contribution in [0.4, 0.5) is 15.8 Å². The van der Waals surface area contributed by atoms with Gasteiger partial charge >= 0.3 is 0 Å². The van der Waals surface area contributed by atoms with Crippen LogP contribution >= 0.6 is 0 Å². The Morgan fingerprint density at radius 2 is 1.76 bits per heavy atom. The summed E-state index contributed by atoms with van der Waals surface area (Å²) in [5, 5.41) is 2.61. The number of hydrogen-bond donors (Lipinski definition) is 2. The highest BCUT2D eigenvalue weighted by Crippen LogP contribution is 2.16. The minimum absolute atomic E-state index is 0.0884. The Bertz CT molecular complexity index is 865. The number of sulfonamides is 1. The number of carbonyl (C=O) groups is 1. The molecule has 0 bridgehead atoms. The third-order valence-corrected chi connectivity index (χ3v) is 4.93. The quantitative estimate of drug-likeness (QED) is 0.822. The summed E-state index contributed by atoms with van der Waals surface area (Å²) in [6.45, 7) is 1.05. The van der Waals surface area contributed by atoms with E-state index in [1.54, 1.807) is 12.1 Å². The summed E-state index contributed by atoms with van der Waals surface area (Å²) >= 11 is 0. The van der Waals surface area contributed by atoms with E-state index in [0.29, 0.717) is 5.69 Å². The molecule has 0 aliphatic heterocycles. The fourth-order valence-corrected chi connectivity index (χ4v) is 3.14. The van der Waals surface area contributed by atoms with Crippen LogP contribution in [0.3, 0.4) is 0 Å². The van der Waals surface area contributed by atoms with Crippen molar-refractivity contribution in [2.24, 2.45) is 0 Å². The van der Waals surface area contributed by atoms with Gasteiger partial charge in [0, 0.05) is 25.5 Å². The molecule has 1 amide bonds. The van der Waals surface area contributed by atoms with E-state index in [0.717, 1.165) is 17.8 Å². The highest BCUT2D eigenvalue weighted by atomic mass is 32.2. The van der Waals surface area contributed by atoms with E-state index < -0.39 is 28.3 Å². The first-order valence-corrected chi connectivity index (χ1v) is 9.00. The average Bonchev–Trinajstić information content (AvgIpc) is 2.56. The molecule has 2 N–H and O–H groups in total. The second kappa shape index (κ2) is 7.62. The number of benzene rings is 2. The second-order valence-corrected chi connectivity index (χ2v) is 7.49. The molecule has 8 heteroatoms. The van der Waals surface area contributed by atoms with Gasteiger partial charge in [0.15, 0.2) is 0 Å². The molecule has 6 nitrogen and oxygen atoms in total. The topological polar surface area (TPSA) is 78.5 Å². The third-order valence-electron chi connectivity index (χ3n) is 3.53. The minimum Gasteiger partial charge on any atom is -0.378 e. The van der Waals surface area contributed by atoms with Crippen molar-refractivity contribution in [3.05, 3.63) is 53.8 Å². The molecule has 2 aromatic carbocycles. The molecule has 2 aromatic rings. The molecule has 25 heavy (non-hydrogen) atoms. The third kappa shape index (κ3) is 5.01. The minimum atomic E-state index is -3.89. The van der Waals surface area contributed by atoms with Crippen molar-refractivity contribution in [1.82, 2.24) is 4.72 Å². The van der Waals surface area contributed by atoms with Gasteiger partial charge < -0.3 is 10.2 Å². The van der Waals surface area contributed by atoms with E-state index in [4.69, 9.17) is 0 Å². The Morgan fingerprint density at radius 3 is 2.32 bits per heavy atom. The molecule has 0 saturated carbocycles. The standard InChI is InChI=1S/C17H20FN3O3S/c1-12-10-15(8-9-16(12)18)25(23,24)19-11-17(22)20-13-4-6-14(7-5-13)21(2)3/h4-10,19H,11H2,1-3H3,(H,20,22). The lowest BCUT2D eigenvalue weighted by molar-refractivity contribution is -0.115. The first-order valence-electron chi connectivity index (χ1n) is 7.52. The summed E-state index contributed by atoms with van der Waals surface area (Å²) in [5.74, 6) is -0.988. The Balaban J connectivity index is 1.97. The largest absolute Gasteiger partial charge is 0.378 e. The van der Waals surface area contributed by atoms with E-state index in [1.807, 2.05) is 31.1 Å². The van der Waals surface area contributed by atoms with Gasteiger partial charge in [0.2, 0.25) is 15.9 Å². The van der Waals surface area contributed by atoms with Crippen LogP contribution in [0.5, 0.6) is 0 Å². The molecule has 0 unspecified atom stereocenters. The fourth-order valence-electron chi connectivity index (χ4n) is 2.08. The smallest absolute Gasteiger partial charge is 0.241 e. The lowest BCUT2D eigenvalue weighted by Gasteiger charge is -2.13. The molecule has 0 spiro atoms. The summed E-state index contributed by atoms with van der Waals surface area (Å²) in [4.78, 5) is 13.8. The van der Waals surface area contributed by atoms with Gasteiger partial charge in [-0.05, 0) is 55.0 Å². The number of halogens is 1. The van der Waals surface area contributed by atoms with Gasteiger partial charge in [0.25, 0.3) is 0 Å². The van der Waals surface area contributed by atoms with Gasteiger partial charge in [-0.1, -0.05) is 0 Å². The van der Waals surface area contributed by atoms with E-state index in [2.05, 4.69) is 10.0 Å². The van der Waals surface area contributed by atoms with Gasteiger partial charge in [-0.2, -0.15) is 0 Å². The van der Waals surface area contributed by atoms with E-state index in [1.165, 1.54) is 13.0 Å². The maximum Gasteiger partial charge on any atom is 0.241 e. The van der Waals surface area contributed by atoms with Crippen LogP contribution in [0.15, 0.2) is 47.4 Å². The highest BCUT2D eigenvalue weighted by molar-refractivity contribution is 7.89. The fraction of sp³-hybridized carbons (Fsp3) is 0.235. The number of rotatable bonds is 6. The zero-order valence-corrected chi connectivity index (χ0v) is 15.0. The van der Waals surface area contributed by atoms with Crippen molar-refractivity contribution >= 4 is 27.3 Å². The second-order valence-electron chi connectivity index (χ2n) is 5.73. The number of amides is 1. The van der Waals surface area contributed by atoms with Gasteiger partial charge in [-0.25, -0.2) is 17.5 Å². The van der Waals surface area contributed by atoms with Crippen molar-refractivity contribution in [3.63, 3.8) is 0 Å². The van der Waals surface area contributed by atoms with Crippen LogP contribution in [0.25, 0.3) is 0 Å². The maximum atomic E-state index is 13.2. The van der Waals surface area contributed by atoms with Crippen LogP contribution in [0.1, 0.15) is 5.56 Å². The number of nitrogens with one attached hydrogen (secondary N) is 2. The Hall–Kier alpha value is -2.45. The molecule has 0 saturated heterocycles. The Morgan fingerprint density at radius 1 is 1.12 bits per heavy atom. The Labute approximate surface area is 146 Å². The van der Waals surface area contributed by atoms with Crippen molar-refractivity contribution in [2.75, 3.05) is 30.9 Å². The molecule has 134 valence electrons. The van der Waals surface area contributed by atoms with Crippen molar-refractivity contribution in [2.45, 2.75) is 11.8 Å². The molecular weight excluding hydrogens is 345 g/mol. The molecule has 0 heterocycles. The lowest BCUT2D eigenvalue weighted by Crippen LogP contribution is -2.33. The zero-order valence-electron chi connectivity index (χ0n) is 14.2. The van der Waals surface area contributed by atoms with Crippen LogP contribution in [0, 0.1) is 12.7 Å². The lowest BCUT2D eigenvalue weighted by atomic mass is 10.2. The number of carbonyl (C=O) groups excluding carboxylic acids is 1. The summed E-state index contributed by atoms with van der Waals surface area (Å²) in [5.41, 5.74) is 1.76. The van der Waals surface area contributed by atoms with E-state index >= 15 is 0 Å². The first kappa shape index (κ1) is 18.9. The van der Waals surface area contributed by atoms with Crippen molar-refractivity contribution in [3.8, 4) is 0 Å². The van der Waals surface area contributed by atoms with Crippen LogP contribution < -0.4 is 14.9 Å².